The lowest BCUT2D eigenvalue weighted by atomic mass is 10.1. The fraction of sp³-hybridized carbons (Fsp3) is 0.526. The van der Waals surface area contributed by atoms with E-state index in [-0.39, 0.29) is 5.50 Å². The summed E-state index contributed by atoms with van der Waals surface area (Å²) < 4.78 is 5.36. The zero-order chi connectivity index (χ0) is 18.2. The molecule has 1 atom stereocenters. The first-order valence-corrected chi connectivity index (χ1v) is 10.5. The Labute approximate surface area is 163 Å². The van der Waals surface area contributed by atoms with Crippen LogP contribution in [0.3, 0.4) is 0 Å². The topological polar surface area (TPSA) is 74.7 Å². The van der Waals surface area contributed by atoms with E-state index in [9.17, 15) is 0 Å². The average Bonchev–Trinajstić information content (AvgIpc) is 3.32. The molecule has 2 aliphatic heterocycles. The summed E-state index contributed by atoms with van der Waals surface area (Å²) in [6.45, 7) is 1.82. The number of methoxy groups -OCH3 is 1. The Morgan fingerprint density at radius 2 is 2.07 bits per heavy atom. The minimum atomic E-state index is 0.0412. The Bertz CT molecular complexity index is 862. The van der Waals surface area contributed by atoms with Gasteiger partial charge in [-0.15, -0.1) is 0 Å². The number of hydrazone groups is 1. The van der Waals surface area contributed by atoms with Gasteiger partial charge in [-0.1, -0.05) is 24.6 Å². The fourth-order valence-corrected chi connectivity index (χ4v) is 4.96. The summed E-state index contributed by atoms with van der Waals surface area (Å²) in [5.41, 5.74) is 6.15. The number of hydrogen-bond acceptors (Lipinski definition) is 8. The van der Waals surface area contributed by atoms with Crippen molar-refractivity contribution < 1.29 is 4.74 Å². The SMILES string of the molecule is COC1CN(c2cnc3ccc(NC4NN=C(C5CCCC5)S4)nc3c2)C1. The quantitative estimate of drug-likeness (QED) is 0.821. The molecule has 5 rings (SSSR count). The maximum absolute atomic E-state index is 5.36. The number of fused-ring (bicyclic) bond motifs is 1. The van der Waals surface area contributed by atoms with E-state index >= 15 is 0 Å². The van der Waals surface area contributed by atoms with Gasteiger partial charge in [-0.25, -0.2) is 4.98 Å². The lowest BCUT2D eigenvalue weighted by molar-refractivity contribution is 0.0787. The molecular formula is C19H24N6OS. The van der Waals surface area contributed by atoms with Gasteiger partial charge in [-0.3, -0.25) is 10.4 Å². The molecule has 0 bridgehead atoms. The van der Waals surface area contributed by atoms with Crippen molar-refractivity contribution in [2.24, 2.45) is 11.0 Å². The van der Waals surface area contributed by atoms with E-state index < -0.39 is 0 Å². The summed E-state index contributed by atoms with van der Waals surface area (Å²) in [6, 6.07) is 6.10. The largest absolute Gasteiger partial charge is 0.378 e. The van der Waals surface area contributed by atoms with Crippen molar-refractivity contribution in [1.29, 1.82) is 0 Å². The molecule has 4 heterocycles. The molecule has 1 saturated carbocycles. The van der Waals surface area contributed by atoms with Crippen LogP contribution in [0.2, 0.25) is 0 Å². The molecule has 8 heteroatoms. The molecule has 0 aromatic carbocycles. The van der Waals surface area contributed by atoms with Gasteiger partial charge in [0.2, 0.25) is 0 Å². The van der Waals surface area contributed by atoms with E-state index in [1.807, 2.05) is 18.3 Å². The molecule has 3 aliphatic rings. The van der Waals surface area contributed by atoms with Gasteiger partial charge in [0.15, 0.2) is 5.50 Å². The molecule has 1 unspecified atom stereocenters. The van der Waals surface area contributed by atoms with Crippen LogP contribution in [0.15, 0.2) is 29.5 Å². The van der Waals surface area contributed by atoms with Gasteiger partial charge in [0.25, 0.3) is 0 Å². The van der Waals surface area contributed by atoms with Crippen molar-refractivity contribution in [3.8, 4) is 0 Å². The highest BCUT2D eigenvalue weighted by atomic mass is 32.2. The standard InChI is InChI=1S/C19H24N6OS/c1-26-14-10-25(11-14)13-8-16-15(20-9-13)6-7-17(21-16)22-19-24-23-18(27-19)12-4-2-3-5-12/h6-9,12,14,19,24H,2-5,10-11H2,1H3,(H,21,22). The van der Waals surface area contributed by atoms with Gasteiger partial charge in [0, 0.05) is 26.1 Å². The molecule has 142 valence electrons. The summed E-state index contributed by atoms with van der Waals surface area (Å²) in [4.78, 5) is 11.6. The van der Waals surface area contributed by atoms with Crippen LogP contribution in [-0.2, 0) is 4.74 Å². The van der Waals surface area contributed by atoms with E-state index in [2.05, 4.69) is 31.8 Å². The number of pyridine rings is 2. The molecule has 1 aliphatic carbocycles. The van der Waals surface area contributed by atoms with Crippen LogP contribution >= 0.6 is 11.8 Å². The molecule has 2 aromatic rings. The predicted octanol–water partition coefficient (Wildman–Crippen LogP) is 3.00. The van der Waals surface area contributed by atoms with Crippen LogP contribution < -0.4 is 15.6 Å². The Morgan fingerprint density at radius 3 is 2.89 bits per heavy atom. The first-order chi connectivity index (χ1) is 13.3. The highest BCUT2D eigenvalue weighted by molar-refractivity contribution is 8.14. The first kappa shape index (κ1) is 17.1. The number of nitrogens with zero attached hydrogens (tertiary/aromatic N) is 4. The van der Waals surface area contributed by atoms with Gasteiger partial charge in [-0.05, 0) is 31.0 Å². The number of anilines is 2. The van der Waals surface area contributed by atoms with Crippen LogP contribution in [0.5, 0.6) is 0 Å². The van der Waals surface area contributed by atoms with Crippen molar-refractivity contribution in [1.82, 2.24) is 15.4 Å². The van der Waals surface area contributed by atoms with Crippen LogP contribution in [0.4, 0.5) is 11.5 Å². The average molecular weight is 385 g/mol. The monoisotopic (exact) mass is 384 g/mol. The molecule has 2 N–H and O–H groups in total. The highest BCUT2D eigenvalue weighted by Gasteiger charge is 2.29. The molecule has 1 saturated heterocycles. The second-order valence-corrected chi connectivity index (χ2v) is 8.52. The number of thioether (sulfide) groups is 1. The molecular weight excluding hydrogens is 360 g/mol. The number of rotatable bonds is 5. The Hall–Kier alpha value is -2.06. The Morgan fingerprint density at radius 1 is 1.22 bits per heavy atom. The van der Waals surface area contributed by atoms with Crippen LogP contribution in [0, 0.1) is 5.92 Å². The fourth-order valence-electron chi connectivity index (χ4n) is 3.90. The number of ether oxygens (including phenoxy) is 1. The molecule has 7 nitrogen and oxygen atoms in total. The second kappa shape index (κ2) is 7.16. The van der Waals surface area contributed by atoms with E-state index in [4.69, 9.17) is 9.72 Å². The van der Waals surface area contributed by atoms with Crippen molar-refractivity contribution in [2.75, 3.05) is 30.4 Å². The van der Waals surface area contributed by atoms with Crippen molar-refractivity contribution in [3.05, 3.63) is 24.4 Å². The molecule has 2 aromatic heterocycles. The van der Waals surface area contributed by atoms with Crippen LogP contribution in [-0.4, -0.2) is 46.8 Å². The molecule has 2 fully saturated rings. The molecule has 0 amide bonds. The maximum Gasteiger partial charge on any atom is 0.167 e. The zero-order valence-electron chi connectivity index (χ0n) is 15.4. The lowest BCUT2D eigenvalue weighted by Crippen LogP contribution is -2.51. The third kappa shape index (κ3) is 3.43. The highest BCUT2D eigenvalue weighted by Crippen LogP contribution is 2.34. The van der Waals surface area contributed by atoms with Crippen molar-refractivity contribution >= 4 is 39.3 Å². The first-order valence-electron chi connectivity index (χ1n) is 9.59. The van der Waals surface area contributed by atoms with E-state index in [0.29, 0.717) is 12.0 Å². The Kier molecular flexibility index (Phi) is 4.53. The van der Waals surface area contributed by atoms with Crippen molar-refractivity contribution in [2.45, 2.75) is 37.3 Å². The molecule has 27 heavy (non-hydrogen) atoms. The summed E-state index contributed by atoms with van der Waals surface area (Å²) in [7, 11) is 1.76. The van der Waals surface area contributed by atoms with Gasteiger partial charge < -0.3 is 15.0 Å². The predicted molar refractivity (Wildman–Crippen MR) is 110 cm³/mol. The minimum absolute atomic E-state index is 0.0412. The van der Waals surface area contributed by atoms with Crippen molar-refractivity contribution in [3.63, 3.8) is 0 Å². The number of aromatic nitrogens is 2. The van der Waals surface area contributed by atoms with Gasteiger partial charge >= 0.3 is 0 Å². The van der Waals surface area contributed by atoms with Crippen LogP contribution in [0.1, 0.15) is 25.7 Å². The third-order valence-electron chi connectivity index (χ3n) is 5.58. The van der Waals surface area contributed by atoms with Gasteiger partial charge in [-0.2, -0.15) is 5.10 Å². The van der Waals surface area contributed by atoms with Gasteiger partial charge in [0.1, 0.15) is 10.9 Å². The smallest absolute Gasteiger partial charge is 0.167 e. The summed E-state index contributed by atoms with van der Waals surface area (Å²) >= 11 is 1.78. The number of hydrogen-bond donors (Lipinski definition) is 2. The third-order valence-corrected chi connectivity index (χ3v) is 6.71. The second-order valence-electron chi connectivity index (χ2n) is 7.39. The number of nitrogens with one attached hydrogen (secondary N) is 2. The summed E-state index contributed by atoms with van der Waals surface area (Å²) in [5.74, 6) is 1.48. The summed E-state index contributed by atoms with van der Waals surface area (Å²) in [5, 5.41) is 9.22. The molecule has 0 spiro atoms. The lowest BCUT2D eigenvalue weighted by Gasteiger charge is -2.39. The zero-order valence-corrected chi connectivity index (χ0v) is 16.2. The summed E-state index contributed by atoms with van der Waals surface area (Å²) in [6.07, 6.45) is 7.42. The van der Waals surface area contributed by atoms with E-state index in [1.54, 1.807) is 18.9 Å². The molecule has 0 radical (unpaired) electrons. The minimum Gasteiger partial charge on any atom is -0.378 e. The van der Waals surface area contributed by atoms with E-state index in [1.165, 1.54) is 30.7 Å². The van der Waals surface area contributed by atoms with E-state index in [0.717, 1.165) is 35.6 Å². The Balaban J connectivity index is 1.27. The normalized spacial score (nSPS) is 23.4. The maximum atomic E-state index is 5.36. The van der Waals surface area contributed by atoms with Crippen LogP contribution in [0.25, 0.3) is 11.0 Å². The van der Waals surface area contributed by atoms with Gasteiger partial charge in [0.05, 0.1) is 29.0 Å².